The Bertz CT molecular complexity index is 382. The van der Waals surface area contributed by atoms with E-state index in [9.17, 15) is 20.2 Å². The minimum Gasteiger partial charge on any atom is -0.256 e. The summed E-state index contributed by atoms with van der Waals surface area (Å²) in [7, 11) is 0. The number of hydrogen-bond donors (Lipinski definition) is 0. The molecule has 0 saturated carbocycles. The number of nitrogens with zero attached hydrogens (tertiary/aromatic N) is 4. The van der Waals surface area contributed by atoms with Crippen LogP contribution in [0.5, 0.6) is 0 Å². The van der Waals surface area contributed by atoms with Crippen LogP contribution >= 0.6 is 11.3 Å². The summed E-state index contributed by atoms with van der Waals surface area (Å²) in [6, 6.07) is 4.04. The molecule has 0 atom stereocenters. The topological polar surface area (TPSA) is 111 Å². The third-order valence-corrected chi connectivity index (χ3v) is 2.15. The van der Waals surface area contributed by atoms with Gasteiger partial charge >= 0.3 is 5.79 Å². The Hall–Kier alpha value is -2.16. The van der Waals surface area contributed by atoms with Crippen molar-refractivity contribution in [3.8, 4) is 0 Å². The molecular weight excluding hydrogens is 236 g/mol. The monoisotopic (exact) mass is 242 g/mol. The zero-order chi connectivity index (χ0) is 12.0. The van der Waals surface area contributed by atoms with Gasteiger partial charge in [-0.1, -0.05) is 12.1 Å². The summed E-state index contributed by atoms with van der Waals surface area (Å²) in [6.45, 7) is 0. The molecule has 2 heterocycles. The van der Waals surface area contributed by atoms with E-state index in [-0.39, 0.29) is 0 Å². The van der Waals surface area contributed by atoms with Crippen LogP contribution in [0.15, 0.2) is 32.9 Å². The molecule has 0 saturated heterocycles. The maximum atomic E-state index is 10.1. The zero-order valence-electron chi connectivity index (χ0n) is 7.79. The lowest BCUT2D eigenvalue weighted by Crippen LogP contribution is -2.44. The average Bonchev–Trinajstić information content (AvgIpc) is 2.93. The van der Waals surface area contributed by atoms with E-state index in [1.54, 1.807) is 11.3 Å². The molecule has 2 rings (SSSR count). The van der Waals surface area contributed by atoms with E-state index in [0.29, 0.717) is 6.21 Å². The molecule has 0 spiro atoms. The Kier molecular flexibility index (Phi) is 3.78. The van der Waals surface area contributed by atoms with Crippen molar-refractivity contribution in [2.75, 3.05) is 0 Å². The third-order valence-electron chi connectivity index (χ3n) is 1.52. The van der Waals surface area contributed by atoms with Gasteiger partial charge in [0.2, 0.25) is 0 Å². The SMILES string of the molecule is O=[N+]([O-])C1([N+](=O)[O-])C=NC=N1.c1ccsc1. The van der Waals surface area contributed by atoms with Crippen molar-refractivity contribution in [2.24, 2.45) is 9.98 Å². The van der Waals surface area contributed by atoms with Crippen molar-refractivity contribution < 1.29 is 9.85 Å². The van der Waals surface area contributed by atoms with Crippen LogP contribution < -0.4 is 0 Å². The molecule has 9 heteroatoms. The molecule has 1 aromatic rings. The quantitative estimate of drug-likeness (QED) is 0.438. The van der Waals surface area contributed by atoms with Crippen LogP contribution in [0.4, 0.5) is 0 Å². The van der Waals surface area contributed by atoms with Crippen molar-refractivity contribution >= 4 is 23.9 Å². The minimum absolute atomic E-state index is 0.576. The maximum absolute atomic E-state index is 10.1. The van der Waals surface area contributed by atoms with E-state index >= 15 is 0 Å². The first-order valence-corrected chi connectivity index (χ1v) is 4.88. The predicted octanol–water partition coefficient (Wildman–Crippen LogP) is 1.05. The van der Waals surface area contributed by atoms with Gasteiger partial charge in [-0.05, 0) is 10.8 Å². The first kappa shape index (κ1) is 11.9. The van der Waals surface area contributed by atoms with Crippen LogP contribution in [-0.4, -0.2) is 28.2 Å². The van der Waals surface area contributed by atoms with Gasteiger partial charge < -0.3 is 0 Å². The Morgan fingerprint density at radius 2 is 1.69 bits per heavy atom. The molecule has 8 nitrogen and oxygen atoms in total. The highest BCUT2D eigenvalue weighted by Gasteiger charge is 2.56. The van der Waals surface area contributed by atoms with E-state index in [0.717, 1.165) is 6.34 Å². The summed E-state index contributed by atoms with van der Waals surface area (Å²) in [4.78, 5) is 24.2. The molecule has 0 amide bonds. The van der Waals surface area contributed by atoms with Gasteiger partial charge in [0.25, 0.3) is 0 Å². The highest BCUT2D eigenvalue weighted by atomic mass is 32.1. The second-order valence-corrected chi connectivity index (χ2v) is 3.33. The molecule has 1 aliphatic rings. The Morgan fingerprint density at radius 3 is 1.88 bits per heavy atom. The molecule has 0 unspecified atom stereocenters. The van der Waals surface area contributed by atoms with Gasteiger partial charge in [-0.25, -0.2) is 4.99 Å². The minimum atomic E-state index is -2.58. The second kappa shape index (κ2) is 5.07. The van der Waals surface area contributed by atoms with E-state index < -0.39 is 15.6 Å². The van der Waals surface area contributed by atoms with Crippen LogP contribution in [0.2, 0.25) is 0 Å². The van der Waals surface area contributed by atoms with E-state index in [1.165, 1.54) is 0 Å². The van der Waals surface area contributed by atoms with Crippen molar-refractivity contribution in [1.82, 2.24) is 0 Å². The lowest BCUT2D eigenvalue weighted by molar-refractivity contribution is -0.767. The number of thiophene rings is 1. The smallest absolute Gasteiger partial charge is 0.256 e. The van der Waals surface area contributed by atoms with Gasteiger partial charge in [-0.3, -0.25) is 20.2 Å². The van der Waals surface area contributed by atoms with Crippen molar-refractivity contribution in [1.29, 1.82) is 0 Å². The van der Waals surface area contributed by atoms with Gasteiger partial charge in [0, 0.05) is 0 Å². The van der Waals surface area contributed by atoms with E-state index in [2.05, 4.69) is 9.98 Å². The molecule has 0 N–H and O–H groups in total. The van der Waals surface area contributed by atoms with Gasteiger partial charge in [0.15, 0.2) is 6.21 Å². The molecule has 0 radical (unpaired) electrons. The zero-order valence-corrected chi connectivity index (χ0v) is 8.61. The molecule has 1 aliphatic heterocycles. The summed E-state index contributed by atoms with van der Waals surface area (Å²) in [6.07, 6.45) is 1.36. The lowest BCUT2D eigenvalue weighted by atomic mass is 10.4. The summed E-state index contributed by atoms with van der Waals surface area (Å²) < 4.78 is 0. The molecule has 1 aromatic heterocycles. The van der Waals surface area contributed by atoms with Crippen LogP contribution in [0, 0.1) is 20.2 Å². The highest BCUT2D eigenvalue weighted by molar-refractivity contribution is 7.07. The molecule has 0 fully saturated rings. The van der Waals surface area contributed by atoms with Crippen molar-refractivity contribution in [3.63, 3.8) is 0 Å². The Labute approximate surface area is 93.3 Å². The number of rotatable bonds is 2. The molecule has 84 valence electrons. The molecule has 0 bridgehead atoms. The van der Waals surface area contributed by atoms with Crippen LogP contribution in [0.25, 0.3) is 0 Å². The fourth-order valence-corrected chi connectivity index (χ4v) is 1.22. The van der Waals surface area contributed by atoms with Crippen molar-refractivity contribution in [2.45, 2.75) is 5.79 Å². The first-order chi connectivity index (χ1) is 7.59. The summed E-state index contributed by atoms with van der Waals surface area (Å²) >= 11 is 1.71. The predicted molar refractivity (Wildman–Crippen MR) is 58.0 cm³/mol. The summed E-state index contributed by atoms with van der Waals surface area (Å²) in [5.74, 6) is -2.58. The summed E-state index contributed by atoms with van der Waals surface area (Å²) in [5.41, 5.74) is 0. The van der Waals surface area contributed by atoms with Gasteiger partial charge in [0.1, 0.15) is 16.2 Å². The standard InChI is InChI=1S/C4H4S.C3H2N4O4/c1-2-4-5-3-1;8-6(9)3(7(10)11)1-4-2-5-3/h1-4H;1-2H. The lowest BCUT2D eigenvalue weighted by Gasteiger charge is -2.01. The third kappa shape index (κ3) is 2.45. The Morgan fingerprint density at radius 1 is 1.12 bits per heavy atom. The van der Waals surface area contributed by atoms with Crippen LogP contribution in [-0.2, 0) is 0 Å². The molecular formula is C7H6N4O4S. The van der Waals surface area contributed by atoms with Crippen LogP contribution in [0.1, 0.15) is 0 Å². The molecule has 16 heavy (non-hydrogen) atoms. The molecule has 0 aliphatic carbocycles. The Balaban J connectivity index is 0.000000212. The second-order valence-electron chi connectivity index (χ2n) is 2.52. The first-order valence-electron chi connectivity index (χ1n) is 3.94. The van der Waals surface area contributed by atoms with Crippen LogP contribution in [0.3, 0.4) is 0 Å². The number of hydrogen-bond acceptors (Lipinski definition) is 7. The average molecular weight is 242 g/mol. The molecule has 0 aromatic carbocycles. The van der Waals surface area contributed by atoms with Crippen molar-refractivity contribution in [3.05, 3.63) is 43.1 Å². The summed E-state index contributed by atoms with van der Waals surface area (Å²) in [5, 5.41) is 24.3. The fraction of sp³-hybridized carbons (Fsp3) is 0.143. The van der Waals surface area contributed by atoms with E-state index in [1.807, 2.05) is 22.9 Å². The largest absolute Gasteiger partial charge is 0.599 e. The number of nitro groups is 2. The normalized spacial score (nSPS) is 15.2. The van der Waals surface area contributed by atoms with E-state index in [4.69, 9.17) is 0 Å². The fourth-order valence-electron chi connectivity index (χ4n) is 0.767. The highest BCUT2D eigenvalue weighted by Crippen LogP contribution is 2.12. The van der Waals surface area contributed by atoms with Gasteiger partial charge in [0.05, 0.1) is 0 Å². The van der Waals surface area contributed by atoms with Gasteiger partial charge in [-0.2, -0.15) is 11.3 Å². The van der Waals surface area contributed by atoms with Gasteiger partial charge in [-0.15, -0.1) is 4.99 Å². The maximum Gasteiger partial charge on any atom is 0.599 e. The number of aliphatic imine (C=N–C) groups is 2.